The molecule has 2 N–H and O–H groups in total. The standard InChI is InChI=1S/C16H19F2NO5/c1-3-24-16(23)9(2)6-13(15(21)22)19-14(20)8-10-4-5-11(17)12(18)7-10/h4-5,7,9,13H,3,6,8H2,1-2H3,(H,19,20)(H,21,22)/t9-,13+/m1/s1. The molecule has 0 aliphatic carbocycles. The average Bonchev–Trinajstić information content (AvgIpc) is 2.50. The van der Waals surface area contributed by atoms with Gasteiger partial charge in [-0.05, 0) is 31.0 Å². The number of hydrogen-bond acceptors (Lipinski definition) is 4. The molecule has 132 valence electrons. The Bertz CT molecular complexity index is 620. The Labute approximate surface area is 137 Å². The first-order valence-electron chi connectivity index (χ1n) is 7.37. The van der Waals surface area contributed by atoms with Crippen LogP contribution in [-0.4, -0.2) is 35.6 Å². The van der Waals surface area contributed by atoms with Gasteiger partial charge in [0, 0.05) is 0 Å². The maximum Gasteiger partial charge on any atom is 0.326 e. The lowest BCUT2D eigenvalue weighted by molar-refractivity contribution is -0.149. The van der Waals surface area contributed by atoms with Gasteiger partial charge in [-0.25, -0.2) is 13.6 Å². The molecule has 1 aromatic carbocycles. The van der Waals surface area contributed by atoms with Crippen LogP contribution in [0.25, 0.3) is 0 Å². The van der Waals surface area contributed by atoms with Crippen LogP contribution in [0.1, 0.15) is 25.8 Å². The number of carboxylic acid groups (broad SMARTS) is 1. The molecule has 0 aliphatic heterocycles. The van der Waals surface area contributed by atoms with Crippen LogP contribution < -0.4 is 5.32 Å². The van der Waals surface area contributed by atoms with Gasteiger partial charge in [0.05, 0.1) is 18.9 Å². The summed E-state index contributed by atoms with van der Waals surface area (Å²) in [7, 11) is 0. The topological polar surface area (TPSA) is 92.7 Å². The Hall–Kier alpha value is -2.51. The van der Waals surface area contributed by atoms with Gasteiger partial charge in [0.15, 0.2) is 11.6 Å². The van der Waals surface area contributed by atoms with Crippen molar-refractivity contribution >= 4 is 17.8 Å². The van der Waals surface area contributed by atoms with Gasteiger partial charge in [0.2, 0.25) is 5.91 Å². The maximum absolute atomic E-state index is 13.1. The number of carboxylic acids is 1. The fourth-order valence-electron chi connectivity index (χ4n) is 2.04. The van der Waals surface area contributed by atoms with Crippen molar-refractivity contribution in [3.63, 3.8) is 0 Å². The summed E-state index contributed by atoms with van der Waals surface area (Å²) < 4.78 is 30.7. The number of hydrogen-bond donors (Lipinski definition) is 2. The molecule has 0 heterocycles. The van der Waals surface area contributed by atoms with E-state index in [0.717, 1.165) is 12.1 Å². The van der Waals surface area contributed by atoms with Crippen LogP contribution in [0.2, 0.25) is 0 Å². The molecule has 2 atom stereocenters. The van der Waals surface area contributed by atoms with E-state index in [2.05, 4.69) is 5.32 Å². The van der Waals surface area contributed by atoms with E-state index >= 15 is 0 Å². The summed E-state index contributed by atoms with van der Waals surface area (Å²) in [6.07, 6.45) is -0.452. The van der Waals surface area contributed by atoms with Gasteiger partial charge in [-0.1, -0.05) is 13.0 Å². The lowest BCUT2D eigenvalue weighted by Gasteiger charge is -2.18. The monoisotopic (exact) mass is 343 g/mol. The molecule has 0 bridgehead atoms. The highest BCUT2D eigenvalue weighted by Crippen LogP contribution is 2.11. The van der Waals surface area contributed by atoms with Crippen molar-refractivity contribution in [3.8, 4) is 0 Å². The van der Waals surface area contributed by atoms with E-state index < -0.39 is 41.4 Å². The third kappa shape index (κ3) is 5.94. The zero-order valence-electron chi connectivity index (χ0n) is 13.3. The van der Waals surface area contributed by atoms with Gasteiger partial charge in [0.1, 0.15) is 6.04 Å². The molecule has 1 aromatic rings. The second-order valence-electron chi connectivity index (χ2n) is 5.27. The molecule has 8 heteroatoms. The zero-order chi connectivity index (χ0) is 18.3. The lowest BCUT2D eigenvalue weighted by atomic mass is 10.0. The van der Waals surface area contributed by atoms with Gasteiger partial charge in [-0.2, -0.15) is 0 Å². The summed E-state index contributed by atoms with van der Waals surface area (Å²) in [6.45, 7) is 3.29. The number of rotatable bonds is 8. The van der Waals surface area contributed by atoms with E-state index in [9.17, 15) is 23.2 Å². The minimum absolute atomic E-state index is 0.141. The Balaban J connectivity index is 2.67. The first kappa shape index (κ1) is 19.5. The van der Waals surface area contributed by atoms with E-state index in [1.165, 1.54) is 13.0 Å². The highest BCUT2D eigenvalue weighted by molar-refractivity contribution is 5.85. The predicted molar refractivity (Wildman–Crippen MR) is 80.0 cm³/mol. The lowest BCUT2D eigenvalue weighted by Crippen LogP contribution is -2.43. The largest absolute Gasteiger partial charge is 0.480 e. The van der Waals surface area contributed by atoms with Crippen LogP contribution in [0.4, 0.5) is 8.78 Å². The van der Waals surface area contributed by atoms with Gasteiger partial charge in [-0.15, -0.1) is 0 Å². The first-order chi connectivity index (χ1) is 11.2. The van der Waals surface area contributed by atoms with Crippen LogP contribution >= 0.6 is 0 Å². The van der Waals surface area contributed by atoms with Gasteiger partial charge < -0.3 is 15.2 Å². The second-order valence-corrected chi connectivity index (χ2v) is 5.27. The van der Waals surface area contributed by atoms with E-state index in [-0.39, 0.29) is 25.0 Å². The Morgan fingerprint density at radius 3 is 2.46 bits per heavy atom. The third-order valence-corrected chi connectivity index (χ3v) is 3.26. The van der Waals surface area contributed by atoms with E-state index in [1.54, 1.807) is 6.92 Å². The number of nitrogens with one attached hydrogen (secondary N) is 1. The summed E-state index contributed by atoms with van der Waals surface area (Å²) >= 11 is 0. The SMILES string of the molecule is CCOC(=O)[C@H](C)C[C@H](NC(=O)Cc1ccc(F)c(F)c1)C(=O)O. The molecule has 0 unspecified atom stereocenters. The number of carbonyl (C=O) groups excluding carboxylic acids is 2. The fourth-order valence-corrected chi connectivity index (χ4v) is 2.04. The van der Waals surface area contributed by atoms with Crippen molar-refractivity contribution in [1.82, 2.24) is 5.32 Å². The first-order valence-corrected chi connectivity index (χ1v) is 7.37. The van der Waals surface area contributed by atoms with E-state index in [0.29, 0.717) is 0 Å². The number of benzene rings is 1. The molecule has 1 amide bonds. The number of esters is 1. The van der Waals surface area contributed by atoms with Crippen molar-refractivity contribution in [2.45, 2.75) is 32.7 Å². The summed E-state index contributed by atoms with van der Waals surface area (Å²) in [6, 6.07) is 1.69. The fraction of sp³-hybridized carbons (Fsp3) is 0.438. The zero-order valence-corrected chi connectivity index (χ0v) is 13.3. The van der Waals surface area contributed by atoms with Crippen LogP contribution in [0.3, 0.4) is 0 Å². The van der Waals surface area contributed by atoms with Crippen molar-refractivity contribution in [3.05, 3.63) is 35.4 Å². The van der Waals surface area contributed by atoms with E-state index in [1.807, 2.05) is 0 Å². The van der Waals surface area contributed by atoms with Crippen molar-refractivity contribution in [2.75, 3.05) is 6.61 Å². The Morgan fingerprint density at radius 2 is 1.92 bits per heavy atom. The quantitative estimate of drug-likeness (QED) is 0.701. The number of halogens is 2. The minimum Gasteiger partial charge on any atom is -0.480 e. The van der Waals surface area contributed by atoms with Crippen LogP contribution in [0.5, 0.6) is 0 Å². The Morgan fingerprint density at radius 1 is 1.25 bits per heavy atom. The number of aliphatic carboxylic acids is 1. The molecular formula is C16H19F2NO5. The van der Waals surface area contributed by atoms with Crippen LogP contribution in [0, 0.1) is 17.6 Å². The molecule has 0 aliphatic rings. The van der Waals surface area contributed by atoms with Gasteiger partial charge >= 0.3 is 11.9 Å². The maximum atomic E-state index is 13.1. The van der Waals surface area contributed by atoms with Gasteiger partial charge in [-0.3, -0.25) is 9.59 Å². The average molecular weight is 343 g/mol. The van der Waals surface area contributed by atoms with Crippen LogP contribution in [-0.2, 0) is 25.5 Å². The summed E-state index contributed by atoms with van der Waals surface area (Å²) in [5.74, 6) is -5.38. The highest BCUT2D eigenvalue weighted by atomic mass is 19.2. The molecule has 0 saturated carbocycles. The summed E-state index contributed by atoms with van der Waals surface area (Å²) in [4.78, 5) is 34.7. The summed E-state index contributed by atoms with van der Waals surface area (Å²) in [5, 5.41) is 11.4. The minimum atomic E-state index is -1.30. The molecule has 6 nitrogen and oxygen atoms in total. The molecule has 0 spiro atoms. The number of ether oxygens (including phenoxy) is 1. The van der Waals surface area contributed by atoms with Crippen molar-refractivity contribution < 1.29 is 33.0 Å². The molecule has 0 aromatic heterocycles. The van der Waals surface area contributed by atoms with Crippen molar-refractivity contribution in [2.24, 2.45) is 5.92 Å². The number of carbonyl (C=O) groups is 3. The summed E-state index contributed by atoms with van der Waals surface area (Å²) in [5.41, 5.74) is 0.203. The normalized spacial score (nSPS) is 13.0. The smallest absolute Gasteiger partial charge is 0.326 e. The van der Waals surface area contributed by atoms with Gasteiger partial charge in [0.25, 0.3) is 0 Å². The second kappa shape index (κ2) is 8.95. The predicted octanol–water partition coefficient (Wildman–Crippen LogP) is 1.67. The highest BCUT2D eigenvalue weighted by Gasteiger charge is 2.26. The third-order valence-electron chi connectivity index (χ3n) is 3.26. The Kier molecular flexibility index (Phi) is 7.29. The molecule has 1 rings (SSSR count). The van der Waals surface area contributed by atoms with Crippen LogP contribution in [0.15, 0.2) is 18.2 Å². The molecule has 24 heavy (non-hydrogen) atoms. The molecule has 0 saturated heterocycles. The van der Waals surface area contributed by atoms with Crippen molar-refractivity contribution in [1.29, 1.82) is 0 Å². The molecule has 0 radical (unpaired) electrons. The number of amides is 1. The van der Waals surface area contributed by atoms with E-state index in [4.69, 9.17) is 9.84 Å². The molecule has 0 fully saturated rings. The molecular weight excluding hydrogens is 324 g/mol.